The number of hydrogen-bond acceptors (Lipinski definition) is 4. The summed E-state index contributed by atoms with van der Waals surface area (Å²) in [5.74, 6) is -1.46. The first-order chi connectivity index (χ1) is 13.8. The molecule has 0 saturated carbocycles. The third kappa shape index (κ3) is 5.30. The Morgan fingerprint density at radius 3 is 1.93 bits per heavy atom. The molecule has 0 atom stereocenters. The van der Waals surface area contributed by atoms with Gasteiger partial charge >= 0.3 is 5.97 Å². The number of benzene rings is 3. The van der Waals surface area contributed by atoms with Crippen molar-refractivity contribution in [1.29, 1.82) is 0 Å². The maximum atomic E-state index is 12.5. The zero-order chi connectivity index (χ0) is 20.9. The van der Waals surface area contributed by atoms with Crippen LogP contribution in [-0.2, 0) is 22.1 Å². The molecule has 3 aromatic carbocycles. The molecule has 0 unspecified atom stereocenters. The van der Waals surface area contributed by atoms with Gasteiger partial charge in [0.2, 0.25) is 0 Å². The maximum absolute atomic E-state index is 12.5. The van der Waals surface area contributed by atoms with E-state index in [0.717, 1.165) is 5.56 Å². The molecule has 0 spiro atoms. The van der Waals surface area contributed by atoms with Gasteiger partial charge in [0, 0.05) is 12.1 Å². The molecule has 29 heavy (non-hydrogen) atoms. The molecular weight excluding hydrogens is 390 g/mol. The molecule has 6 nitrogen and oxygen atoms in total. The van der Waals surface area contributed by atoms with E-state index in [1.54, 1.807) is 36.4 Å². The number of carboxylic acids is 1. The lowest BCUT2D eigenvalue weighted by molar-refractivity contribution is 0.0696. The average Bonchev–Trinajstić information content (AvgIpc) is 2.73. The first-order valence-electron chi connectivity index (χ1n) is 8.82. The number of carbonyl (C=O) groups excluding carboxylic acids is 1. The summed E-state index contributed by atoms with van der Waals surface area (Å²) in [5, 5.41) is 11.6. The number of amides is 1. The highest BCUT2D eigenvalue weighted by Gasteiger charge is 2.16. The van der Waals surface area contributed by atoms with Crippen LogP contribution in [0.4, 0.5) is 0 Å². The van der Waals surface area contributed by atoms with Gasteiger partial charge in [0.25, 0.3) is 5.91 Å². The third-order valence-corrected chi connectivity index (χ3v) is 6.03. The Bertz CT molecular complexity index is 1110. The fraction of sp³-hybridized carbons (Fsp3) is 0.0909. The van der Waals surface area contributed by atoms with Crippen molar-refractivity contribution in [3.63, 3.8) is 0 Å². The molecule has 7 heteroatoms. The van der Waals surface area contributed by atoms with Crippen molar-refractivity contribution < 1.29 is 23.1 Å². The van der Waals surface area contributed by atoms with Crippen LogP contribution in [0, 0.1) is 0 Å². The first-order valence-corrected chi connectivity index (χ1v) is 10.5. The smallest absolute Gasteiger partial charge is 0.335 e. The van der Waals surface area contributed by atoms with E-state index in [0.29, 0.717) is 11.1 Å². The third-order valence-electron chi connectivity index (χ3n) is 4.33. The second kappa shape index (κ2) is 8.70. The highest BCUT2D eigenvalue weighted by Crippen LogP contribution is 2.17. The minimum atomic E-state index is -3.50. The van der Waals surface area contributed by atoms with E-state index in [4.69, 9.17) is 5.11 Å². The number of carbonyl (C=O) groups is 2. The lowest BCUT2D eigenvalue weighted by Crippen LogP contribution is -2.22. The van der Waals surface area contributed by atoms with Crippen LogP contribution in [0.1, 0.15) is 31.8 Å². The van der Waals surface area contributed by atoms with Crippen molar-refractivity contribution in [2.45, 2.75) is 17.2 Å². The van der Waals surface area contributed by atoms with Crippen molar-refractivity contribution in [3.05, 3.63) is 101 Å². The summed E-state index contributed by atoms with van der Waals surface area (Å²) in [6.07, 6.45) is 0. The Balaban J connectivity index is 1.63. The number of hydrogen-bond donors (Lipinski definition) is 2. The minimum Gasteiger partial charge on any atom is -0.478 e. The number of aromatic carboxylic acids is 1. The number of rotatable bonds is 7. The van der Waals surface area contributed by atoms with E-state index >= 15 is 0 Å². The van der Waals surface area contributed by atoms with E-state index in [1.165, 1.54) is 36.4 Å². The Morgan fingerprint density at radius 1 is 0.759 bits per heavy atom. The zero-order valence-electron chi connectivity index (χ0n) is 15.4. The van der Waals surface area contributed by atoms with Gasteiger partial charge in [-0.15, -0.1) is 0 Å². The van der Waals surface area contributed by atoms with E-state index in [1.807, 2.05) is 6.07 Å². The highest BCUT2D eigenvalue weighted by molar-refractivity contribution is 7.90. The molecule has 3 aromatic rings. The molecule has 0 saturated heterocycles. The number of carboxylic acid groups (broad SMARTS) is 1. The molecule has 0 aliphatic carbocycles. The number of sulfone groups is 1. The summed E-state index contributed by atoms with van der Waals surface area (Å²) >= 11 is 0. The maximum Gasteiger partial charge on any atom is 0.335 e. The van der Waals surface area contributed by atoms with Crippen LogP contribution in [0.5, 0.6) is 0 Å². The number of nitrogens with one attached hydrogen (secondary N) is 1. The first kappa shape index (κ1) is 20.3. The molecule has 0 heterocycles. The molecule has 0 bridgehead atoms. The average molecular weight is 409 g/mol. The summed E-state index contributed by atoms with van der Waals surface area (Å²) in [6, 6.07) is 20.9. The van der Waals surface area contributed by atoms with Crippen molar-refractivity contribution in [2.24, 2.45) is 0 Å². The summed E-state index contributed by atoms with van der Waals surface area (Å²) in [4.78, 5) is 23.3. The largest absolute Gasteiger partial charge is 0.478 e. The summed E-state index contributed by atoms with van der Waals surface area (Å²) in [7, 11) is -3.50. The molecule has 0 radical (unpaired) electrons. The highest BCUT2D eigenvalue weighted by atomic mass is 32.2. The normalized spacial score (nSPS) is 11.0. The van der Waals surface area contributed by atoms with Crippen molar-refractivity contribution in [2.75, 3.05) is 0 Å². The van der Waals surface area contributed by atoms with Gasteiger partial charge in [-0.05, 0) is 47.5 Å². The van der Waals surface area contributed by atoms with E-state index in [-0.39, 0.29) is 28.7 Å². The van der Waals surface area contributed by atoms with Gasteiger partial charge in [-0.1, -0.05) is 42.5 Å². The molecule has 148 valence electrons. The van der Waals surface area contributed by atoms with E-state index in [9.17, 15) is 18.0 Å². The predicted octanol–water partition coefficient (Wildman–Crippen LogP) is 3.29. The van der Waals surface area contributed by atoms with Crippen LogP contribution in [0.15, 0.2) is 83.8 Å². The van der Waals surface area contributed by atoms with Crippen molar-refractivity contribution in [3.8, 4) is 0 Å². The predicted molar refractivity (Wildman–Crippen MR) is 108 cm³/mol. The molecular formula is C22H19NO5S. The monoisotopic (exact) mass is 409 g/mol. The molecule has 0 fully saturated rings. The van der Waals surface area contributed by atoms with Crippen molar-refractivity contribution >= 4 is 21.7 Å². The van der Waals surface area contributed by atoms with Crippen molar-refractivity contribution in [1.82, 2.24) is 5.32 Å². The van der Waals surface area contributed by atoms with Crippen LogP contribution in [0.2, 0.25) is 0 Å². The molecule has 2 N–H and O–H groups in total. The molecule has 0 aliphatic heterocycles. The van der Waals surface area contributed by atoms with Crippen LogP contribution in [0.25, 0.3) is 0 Å². The second-order valence-electron chi connectivity index (χ2n) is 6.45. The Labute approximate surface area is 168 Å². The summed E-state index contributed by atoms with van der Waals surface area (Å²) < 4.78 is 25.1. The van der Waals surface area contributed by atoms with Gasteiger partial charge in [-0.2, -0.15) is 0 Å². The fourth-order valence-electron chi connectivity index (χ4n) is 2.74. The topological polar surface area (TPSA) is 101 Å². The van der Waals surface area contributed by atoms with E-state index < -0.39 is 15.8 Å². The van der Waals surface area contributed by atoms with Gasteiger partial charge in [0.05, 0.1) is 16.2 Å². The van der Waals surface area contributed by atoms with Crippen LogP contribution >= 0.6 is 0 Å². The zero-order valence-corrected chi connectivity index (χ0v) is 16.2. The molecule has 1 amide bonds. The molecule has 3 rings (SSSR count). The standard InChI is InChI=1S/C22H19NO5S/c24-21(23-14-16-6-8-19(9-7-16)22(25)26)18-10-12-20(13-11-18)29(27,28)15-17-4-2-1-3-5-17/h1-13H,14-15H2,(H,23,24)(H,25,26). The molecule has 0 aliphatic rings. The summed E-state index contributed by atoms with van der Waals surface area (Å²) in [5.41, 5.74) is 1.96. The van der Waals surface area contributed by atoms with E-state index in [2.05, 4.69) is 5.32 Å². The van der Waals surface area contributed by atoms with Gasteiger partial charge in [-0.25, -0.2) is 13.2 Å². The fourth-order valence-corrected chi connectivity index (χ4v) is 4.09. The Kier molecular flexibility index (Phi) is 6.09. The van der Waals surface area contributed by atoms with Crippen LogP contribution in [-0.4, -0.2) is 25.4 Å². The van der Waals surface area contributed by atoms with Gasteiger partial charge in [-0.3, -0.25) is 4.79 Å². The molecule has 0 aromatic heterocycles. The SMILES string of the molecule is O=C(O)c1ccc(CNC(=O)c2ccc(S(=O)(=O)Cc3ccccc3)cc2)cc1. The summed E-state index contributed by atoms with van der Waals surface area (Å²) in [6.45, 7) is 0.229. The second-order valence-corrected chi connectivity index (χ2v) is 8.44. The van der Waals surface area contributed by atoms with Crippen LogP contribution < -0.4 is 5.32 Å². The van der Waals surface area contributed by atoms with Gasteiger partial charge in [0.1, 0.15) is 0 Å². The lowest BCUT2D eigenvalue weighted by Gasteiger charge is -2.08. The van der Waals surface area contributed by atoms with Gasteiger partial charge < -0.3 is 10.4 Å². The Morgan fingerprint density at radius 2 is 1.34 bits per heavy atom. The Hall–Kier alpha value is -3.45. The van der Waals surface area contributed by atoms with Crippen LogP contribution in [0.3, 0.4) is 0 Å². The lowest BCUT2D eigenvalue weighted by atomic mass is 10.1. The quantitative estimate of drug-likeness (QED) is 0.624. The van der Waals surface area contributed by atoms with Gasteiger partial charge in [0.15, 0.2) is 9.84 Å². The minimum absolute atomic E-state index is 0.105.